The van der Waals surface area contributed by atoms with Crippen molar-refractivity contribution >= 4 is 17.5 Å². The van der Waals surface area contributed by atoms with E-state index in [1.54, 1.807) is 12.1 Å². The van der Waals surface area contributed by atoms with E-state index in [-0.39, 0.29) is 17.4 Å². The van der Waals surface area contributed by atoms with Crippen molar-refractivity contribution in [2.45, 2.75) is 11.9 Å². The van der Waals surface area contributed by atoms with Crippen LogP contribution in [0.1, 0.15) is 21.6 Å². The molecule has 0 bridgehead atoms. The van der Waals surface area contributed by atoms with Crippen LogP contribution in [0, 0.1) is 24.1 Å². The first-order valence-electron chi connectivity index (χ1n) is 5.89. The van der Waals surface area contributed by atoms with Gasteiger partial charge in [0.2, 0.25) is 0 Å². The normalized spacial score (nSPS) is 10.1. The van der Waals surface area contributed by atoms with Crippen LogP contribution in [0.5, 0.6) is 0 Å². The van der Waals surface area contributed by atoms with Crippen LogP contribution >= 0.6 is 11.8 Å². The second kappa shape index (κ2) is 6.31. The number of thioether (sulfide) groups is 1. The first kappa shape index (κ1) is 14.2. The molecule has 0 fully saturated rings. The van der Waals surface area contributed by atoms with Crippen molar-refractivity contribution in [1.29, 1.82) is 5.26 Å². The van der Waals surface area contributed by atoms with Crippen molar-refractivity contribution in [1.82, 2.24) is 4.98 Å². The van der Waals surface area contributed by atoms with Crippen LogP contribution < -0.4 is 0 Å². The maximum atomic E-state index is 12.8. The van der Waals surface area contributed by atoms with Crippen LogP contribution in [0.4, 0.5) is 4.39 Å². The van der Waals surface area contributed by atoms with Crippen LogP contribution in [0.3, 0.4) is 0 Å². The number of pyridine rings is 1. The summed E-state index contributed by atoms with van der Waals surface area (Å²) in [4.78, 5) is 16.2. The number of carbonyl (C=O) groups is 1. The summed E-state index contributed by atoms with van der Waals surface area (Å²) in [6.07, 6.45) is 0. The fraction of sp³-hybridized carbons (Fsp3) is 0.133. The van der Waals surface area contributed by atoms with Gasteiger partial charge in [-0.05, 0) is 43.3 Å². The molecule has 1 aromatic heterocycles. The van der Waals surface area contributed by atoms with Crippen molar-refractivity contribution in [3.8, 4) is 6.07 Å². The molecule has 0 aliphatic carbocycles. The highest BCUT2D eigenvalue weighted by atomic mass is 32.2. The third-order valence-corrected chi connectivity index (χ3v) is 3.62. The maximum Gasteiger partial charge on any atom is 0.173 e. The van der Waals surface area contributed by atoms with Gasteiger partial charge in [-0.1, -0.05) is 11.8 Å². The summed E-state index contributed by atoms with van der Waals surface area (Å²) >= 11 is 1.22. The van der Waals surface area contributed by atoms with Crippen LogP contribution in [0.25, 0.3) is 0 Å². The fourth-order valence-corrected chi connectivity index (χ4v) is 2.49. The van der Waals surface area contributed by atoms with Gasteiger partial charge in [0.15, 0.2) is 5.78 Å². The second-order valence-corrected chi connectivity index (χ2v) is 5.10. The number of nitriles is 1. The fourth-order valence-electron chi connectivity index (χ4n) is 1.58. The Kier molecular flexibility index (Phi) is 4.49. The minimum absolute atomic E-state index is 0.123. The Morgan fingerprint density at radius 2 is 2.00 bits per heavy atom. The SMILES string of the molecule is Cc1ccc(C#N)c(SCC(=O)c2ccc(F)cc2)n1. The molecular formula is C15H11FN2OS. The van der Waals surface area contributed by atoms with Gasteiger partial charge in [0, 0.05) is 11.3 Å². The largest absolute Gasteiger partial charge is 0.293 e. The monoisotopic (exact) mass is 286 g/mol. The Hall–Kier alpha value is -2.19. The molecule has 3 nitrogen and oxygen atoms in total. The maximum absolute atomic E-state index is 12.8. The minimum Gasteiger partial charge on any atom is -0.293 e. The van der Waals surface area contributed by atoms with E-state index in [2.05, 4.69) is 4.98 Å². The Labute approximate surface area is 120 Å². The molecule has 5 heteroatoms. The summed E-state index contributed by atoms with van der Waals surface area (Å²) in [7, 11) is 0. The second-order valence-electron chi connectivity index (χ2n) is 4.14. The first-order valence-corrected chi connectivity index (χ1v) is 6.88. The summed E-state index contributed by atoms with van der Waals surface area (Å²) in [5.41, 5.74) is 1.69. The lowest BCUT2D eigenvalue weighted by molar-refractivity contribution is 0.102. The highest BCUT2D eigenvalue weighted by Crippen LogP contribution is 2.21. The topological polar surface area (TPSA) is 53.8 Å². The third-order valence-electron chi connectivity index (χ3n) is 2.63. The van der Waals surface area contributed by atoms with Crippen molar-refractivity contribution < 1.29 is 9.18 Å². The highest BCUT2D eigenvalue weighted by Gasteiger charge is 2.10. The number of aromatic nitrogens is 1. The zero-order valence-corrected chi connectivity index (χ0v) is 11.6. The molecular weight excluding hydrogens is 275 g/mol. The average Bonchev–Trinajstić information content (AvgIpc) is 2.45. The first-order chi connectivity index (χ1) is 9.60. The summed E-state index contributed by atoms with van der Waals surface area (Å²) in [5, 5.41) is 9.54. The molecule has 2 aromatic rings. The van der Waals surface area contributed by atoms with Crippen molar-refractivity contribution in [3.63, 3.8) is 0 Å². The molecule has 0 aliphatic heterocycles. The number of Topliss-reactive ketones (excluding diaryl/α,β-unsaturated/α-hetero) is 1. The van der Waals surface area contributed by atoms with Gasteiger partial charge in [0.1, 0.15) is 16.9 Å². The van der Waals surface area contributed by atoms with Gasteiger partial charge in [-0.3, -0.25) is 4.79 Å². The van der Waals surface area contributed by atoms with Crippen LogP contribution in [-0.2, 0) is 0 Å². The lowest BCUT2D eigenvalue weighted by Crippen LogP contribution is -2.03. The number of hydrogen-bond donors (Lipinski definition) is 0. The average molecular weight is 286 g/mol. The number of aryl methyl sites for hydroxylation is 1. The van der Waals surface area contributed by atoms with Gasteiger partial charge in [0.25, 0.3) is 0 Å². The summed E-state index contributed by atoms with van der Waals surface area (Å²) in [5.74, 6) is -0.333. The van der Waals surface area contributed by atoms with Gasteiger partial charge in [-0.15, -0.1) is 0 Å². The smallest absolute Gasteiger partial charge is 0.173 e. The number of ketones is 1. The summed E-state index contributed by atoms with van der Waals surface area (Å²) in [6.45, 7) is 1.83. The number of rotatable bonds is 4. The standard InChI is InChI=1S/C15H11FN2OS/c1-10-2-3-12(8-17)15(18-10)20-9-14(19)11-4-6-13(16)7-5-11/h2-7H,9H2,1H3. The van der Waals surface area contributed by atoms with E-state index in [1.165, 1.54) is 36.0 Å². The predicted molar refractivity (Wildman–Crippen MR) is 75.1 cm³/mol. The van der Waals surface area contributed by atoms with E-state index in [1.807, 2.05) is 13.0 Å². The summed E-state index contributed by atoms with van der Waals surface area (Å²) in [6, 6.07) is 10.9. The van der Waals surface area contributed by atoms with E-state index >= 15 is 0 Å². The van der Waals surface area contributed by atoms with Crippen LogP contribution in [0.2, 0.25) is 0 Å². The molecule has 2 rings (SSSR count). The predicted octanol–water partition coefficient (Wildman–Crippen LogP) is 3.38. The number of benzene rings is 1. The molecule has 1 aromatic carbocycles. The highest BCUT2D eigenvalue weighted by molar-refractivity contribution is 8.00. The quantitative estimate of drug-likeness (QED) is 0.638. The minimum atomic E-state index is -0.374. The molecule has 0 saturated heterocycles. The Morgan fingerprint density at radius 3 is 2.65 bits per heavy atom. The zero-order valence-electron chi connectivity index (χ0n) is 10.8. The van der Waals surface area contributed by atoms with Crippen molar-refractivity contribution in [2.24, 2.45) is 0 Å². The van der Waals surface area contributed by atoms with Gasteiger partial charge in [0.05, 0.1) is 11.3 Å². The van der Waals surface area contributed by atoms with Gasteiger partial charge in [-0.2, -0.15) is 5.26 Å². The van der Waals surface area contributed by atoms with E-state index in [4.69, 9.17) is 5.26 Å². The van der Waals surface area contributed by atoms with E-state index in [0.29, 0.717) is 16.2 Å². The molecule has 0 aliphatic rings. The van der Waals surface area contributed by atoms with Gasteiger partial charge < -0.3 is 0 Å². The molecule has 0 unspecified atom stereocenters. The molecule has 0 saturated carbocycles. The number of hydrogen-bond acceptors (Lipinski definition) is 4. The number of carbonyl (C=O) groups excluding carboxylic acids is 1. The van der Waals surface area contributed by atoms with Crippen LogP contribution in [-0.4, -0.2) is 16.5 Å². The number of halogens is 1. The van der Waals surface area contributed by atoms with Gasteiger partial charge in [-0.25, -0.2) is 9.37 Å². The van der Waals surface area contributed by atoms with E-state index < -0.39 is 0 Å². The zero-order chi connectivity index (χ0) is 14.5. The lowest BCUT2D eigenvalue weighted by atomic mass is 10.1. The summed E-state index contributed by atoms with van der Waals surface area (Å²) < 4.78 is 12.8. The molecule has 0 spiro atoms. The van der Waals surface area contributed by atoms with Crippen molar-refractivity contribution in [3.05, 3.63) is 59.0 Å². The Morgan fingerprint density at radius 1 is 1.30 bits per heavy atom. The van der Waals surface area contributed by atoms with E-state index in [9.17, 15) is 9.18 Å². The molecule has 100 valence electrons. The third kappa shape index (κ3) is 3.43. The molecule has 0 radical (unpaired) electrons. The van der Waals surface area contributed by atoms with Crippen molar-refractivity contribution in [2.75, 3.05) is 5.75 Å². The molecule has 1 heterocycles. The van der Waals surface area contributed by atoms with Gasteiger partial charge >= 0.3 is 0 Å². The Bertz CT molecular complexity index is 677. The lowest BCUT2D eigenvalue weighted by Gasteiger charge is -2.04. The molecule has 20 heavy (non-hydrogen) atoms. The molecule has 0 N–H and O–H groups in total. The van der Waals surface area contributed by atoms with E-state index in [0.717, 1.165) is 5.69 Å². The molecule has 0 amide bonds. The number of nitrogens with zero attached hydrogens (tertiary/aromatic N) is 2. The molecule has 0 atom stereocenters. The Balaban J connectivity index is 2.09. The van der Waals surface area contributed by atoms with Crippen LogP contribution in [0.15, 0.2) is 41.4 Å².